The Morgan fingerprint density at radius 2 is 2.29 bits per heavy atom. The van der Waals surface area contributed by atoms with Gasteiger partial charge in [0.15, 0.2) is 0 Å². The lowest BCUT2D eigenvalue weighted by Crippen LogP contribution is -2.45. The summed E-state index contributed by atoms with van der Waals surface area (Å²) in [7, 11) is 0. The number of nitrogens with zero attached hydrogens (tertiary/aromatic N) is 2. The Bertz CT molecular complexity index is 420. The molecule has 0 saturated carbocycles. The van der Waals surface area contributed by atoms with E-state index in [9.17, 15) is 4.79 Å². The molecular weight excluding hydrogens is 218 g/mol. The topological polar surface area (TPSA) is 58.2 Å². The molecule has 1 atom stereocenters. The van der Waals surface area contributed by atoms with Gasteiger partial charge in [-0.2, -0.15) is 5.10 Å². The van der Waals surface area contributed by atoms with Gasteiger partial charge in [-0.3, -0.25) is 10.00 Å². The van der Waals surface area contributed by atoms with Gasteiger partial charge in [-0.15, -0.1) is 0 Å². The van der Waals surface area contributed by atoms with Gasteiger partial charge in [-0.05, 0) is 39.7 Å². The Morgan fingerprint density at radius 3 is 2.94 bits per heavy atom. The van der Waals surface area contributed by atoms with Gasteiger partial charge in [0, 0.05) is 12.2 Å². The Hall–Kier alpha value is -1.52. The first-order valence-electron chi connectivity index (χ1n) is 5.88. The summed E-state index contributed by atoms with van der Waals surface area (Å²) >= 11 is 0. The Balaban J connectivity index is 2.10. The maximum Gasteiger partial charge on any atom is 0.410 e. The molecule has 1 aliphatic heterocycles. The molecule has 1 aliphatic rings. The van der Waals surface area contributed by atoms with Crippen LogP contribution >= 0.6 is 0 Å². The number of rotatable bonds is 0. The first-order chi connectivity index (χ1) is 7.87. The van der Waals surface area contributed by atoms with Gasteiger partial charge < -0.3 is 4.74 Å². The number of carbonyl (C=O) groups is 1. The highest BCUT2D eigenvalue weighted by Gasteiger charge is 2.31. The number of aromatic amines is 1. The summed E-state index contributed by atoms with van der Waals surface area (Å²) < 4.78 is 5.39. The molecule has 0 bridgehead atoms. The summed E-state index contributed by atoms with van der Waals surface area (Å²) in [4.78, 5) is 13.8. The third-order valence-electron chi connectivity index (χ3n) is 2.80. The van der Waals surface area contributed by atoms with E-state index >= 15 is 0 Å². The fourth-order valence-corrected chi connectivity index (χ4v) is 1.97. The van der Waals surface area contributed by atoms with Gasteiger partial charge in [0.05, 0.1) is 12.2 Å². The average Bonchev–Trinajstić information content (AvgIpc) is 2.60. The third-order valence-corrected chi connectivity index (χ3v) is 2.80. The fourth-order valence-electron chi connectivity index (χ4n) is 1.97. The van der Waals surface area contributed by atoms with Crippen LogP contribution in [-0.4, -0.2) is 32.8 Å². The molecule has 1 N–H and O–H groups in total. The number of carbonyl (C=O) groups excluding carboxylic acids is 1. The van der Waals surface area contributed by atoms with Crippen molar-refractivity contribution in [2.75, 3.05) is 0 Å². The molecule has 1 aromatic heterocycles. The van der Waals surface area contributed by atoms with Gasteiger partial charge in [-0.1, -0.05) is 0 Å². The molecule has 2 rings (SSSR count). The zero-order chi connectivity index (χ0) is 12.6. The number of nitrogens with one attached hydrogen (secondary N) is 1. The molecule has 5 heteroatoms. The zero-order valence-electron chi connectivity index (χ0n) is 10.8. The van der Waals surface area contributed by atoms with Gasteiger partial charge in [0.2, 0.25) is 0 Å². The van der Waals surface area contributed by atoms with E-state index < -0.39 is 5.60 Å². The Labute approximate surface area is 101 Å². The van der Waals surface area contributed by atoms with Crippen LogP contribution in [0.2, 0.25) is 0 Å². The lowest BCUT2D eigenvalue weighted by Gasteiger charge is -2.34. The van der Waals surface area contributed by atoms with Crippen LogP contribution in [0.5, 0.6) is 0 Å². The Kier molecular flexibility index (Phi) is 2.85. The quantitative estimate of drug-likeness (QED) is 0.751. The van der Waals surface area contributed by atoms with Crippen LogP contribution in [-0.2, 0) is 17.7 Å². The summed E-state index contributed by atoms with van der Waals surface area (Å²) in [5.74, 6) is 0. The van der Waals surface area contributed by atoms with Gasteiger partial charge in [0.25, 0.3) is 0 Å². The molecule has 1 unspecified atom stereocenters. The smallest absolute Gasteiger partial charge is 0.410 e. The standard InChI is InChI=1S/C12H19N3O2/c1-8-5-9-6-13-14-10(9)7-15(8)11(16)17-12(2,3)4/h6,8H,5,7H2,1-4H3,(H,13,14). The highest BCUT2D eigenvalue weighted by molar-refractivity contribution is 5.69. The molecule has 1 aromatic rings. The Morgan fingerprint density at radius 1 is 1.59 bits per heavy atom. The van der Waals surface area contributed by atoms with Crippen molar-refractivity contribution in [2.45, 2.75) is 52.3 Å². The highest BCUT2D eigenvalue weighted by Crippen LogP contribution is 2.23. The van der Waals surface area contributed by atoms with E-state index in [1.165, 1.54) is 5.56 Å². The predicted molar refractivity (Wildman–Crippen MR) is 63.5 cm³/mol. The first-order valence-corrected chi connectivity index (χ1v) is 5.88. The summed E-state index contributed by atoms with van der Waals surface area (Å²) in [6.45, 7) is 8.17. The molecule has 0 aliphatic carbocycles. The fraction of sp³-hybridized carbons (Fsp3) is 0.667. The van der Waals surface area contributed by atoms with Crippen molar-refractivity contribution in [1.82, 2.24) is 15.1 Å². The molecule has 0 aromatic carbocycles. The second kappa shape index (κ2) is 4.05. The number of ether oxygens (including phenoxy) is 1. The van der Waals surface area contributed by atoms with Crippen molar-refractivity contribution >= 4 is 6.09 Å². The largest absolute Gasteiger partial charge is 0.444 e. The minimum Gasteiger partial charge on any atom is -0.444 e. The molecule has 2 heterocycles. The number of fused-ring (bicyclic) bond motifs is 1. The molecule has 1 amide bonds. The van der Waals surface area contributed by atoms with Crippen LogP contribution in [0.25, 0.3) is 0 Å². The zero-order valence-corrected chi connectivity index (χ0v) is 10.8. The summed E-state index contributed by atoms with van der Waals surface area (Å²) in [6, 6.07) is 0.148. The molecule has 0 spiro atoms. The van der Waals surface area contributed by atoms with Crippen LogP contribution in [0, 0.1) is 0 Å². The van der Waals surface area contributed by atoms with Crippen LogP contribution in [0.15, 0.2) is 6.20 Å². The number of amides is 1. The van der Waals surface area contributed by atoms with Crippen molar-refractivity contribution in [2.24, 2.45) is 0 Å². The molecule has 94 valence electrons. The van der Waals surface area contributed by atoms with E-state index in [1.807, 2.05) is 33.9 Å². The normalized spacial score (nSPS) is 20.0. The van der Waals surface area contributed by atoms with E-state index in [1.54, 1.807) is 4.90 Å². The second-order valence-corrected chi connectivity index (χ2v) is 5.52. The highest BCUT2D eigenvalue weighted by atomic mass is 16.6. The molecule has 0 fully saturated rings. The van der Waals surface area contributed by atoms with Crippen LogP contribution in [0.1, 0.15) is 39.0 Å². The number of aromatic nitrogens is 2. The lowest BCUT2D eigenvalue weighted by atomic mass is 10.0. The maximum atomic E-state index is 12.0. The number of hydrogen-bond donors (Lipinski definition) is 1. The van der Waals surface area contributed by atoms with E-state index in [-0.39, 0.29) is 12.1 Å². The maximum absolute atomic E-state index is 12.0. The SMILES string of the molecule is CC1Cc2c[nH]nc2CN1C(=O)OC(C)(C)C. The lowest BCUT2D eigenvalue weighted by molar-refractivity contribution is 0.0135. The van der Waals surface area contributed by atoms with Gasteiger partial charge in [0.1, 0.15) is 5.60 Å². The van der Waals surface area contributed by atoms with Crippen molar-refractivity contribution in [3.63, 3.8) is 0 Å². The minimum absolute atomic E-state index is 0.148. The van der Waals surface area contributed by atoms with Crippen molar-refractivity contribution in [3.05, 3.63) is 17.5 Å². The molecule has 0 saturated heterocycles. The number of hydrogen-bond acceptors (Lipinski definition) is 3. The summed E-state index contributed by atoms with van der Waals surface area (Å²) in [6.07, 6.45) is 2.46. The monoisotopic (exact) mass is 237 g/mol. The molecule has 5 nitrogen and oxygen atoms in total. The summed E-state index contributed by atoms with van der Waals surface area (Å²) in [5, 5.41) is 6.99. The van der Waals surface area contributed by atoms with Crippen LogP contribution in [0.3, 0.4) is 0 Å². The van der Waals surface area contributed by atoms with Crippen molar-refractivity contribution in [3.8, 4) is 0 Å². The summed E-state index contributed by atoms with van der Waals surface area (Å²) in [5.41, 5.74) is 1.68. The molecular formula is C12H19N3O2. The van der Waals surface area contributed by atoms with E-state index in [0.717, 1.165) is 12.1 Å². The van der Waals surface area contributed by atoms with E-state index in [4.69, 9.17) is 4.74 Å². The third kappa shape index (κ3) is 2.60. The molecule has 0 radical (unpaired) electrons. The van der Waals surface area contributed by atoms with Crippen LogP contribution in [0.4, 0.5) is 4.79 Å². The minimum atomic E-state index is -0.456. The van der Waals surface area contributed by atoms with E-state index in [2.05, 4.69) is 10.2 Å². The number of H-pyrrole nitrogens is 1. The molecule has 17 heavy (non-hydrogen) atoms. The average molecular weight is 237 g/mol. The second-order valence-electron chi connectivity index (χ2n) is 5.52. The van der Waals surface area contributed by atoms with Crippen molar-refractivity contribution in [1.29, 1.82) is 0 Å². The van der Waals surface area contributed by atoms with Crippen molar-refractivity contribution < 1.29 is 9.53 Å². The van der Waals surface area contributed by atoms with Gasteiger partial charge in [-0.25, -0.2) is 4.79 Å². The van der Waals surface area contributed by atoms with Gasteiger partial charge >= 0.3 is 6.09 Å². The first kappa shape index (κ1) is 12.0. The van der Waals surface area contributed by atoms with E-state index in [0.29, 0.717) is 6.54 Å². The predicted octanol–water partition coefficient (Wildman–Crippen LogP) is 2.09. The van der Waals surface area contributed by atoms with Crippen LogP contribution < -0.4 is 0 Å².